The minimum atomic E-state index is -0.284. The van der Waals surface area contributed by atoms with E-state index in [2.05, 4.69) is 55.4 Å². The number of hydrogen-bond donors (Lipinski definition) is 2. The minimum absolute atomic E-state index is 0.0597. The van der Waals surface area contributed by atoms with Gasteiger partial charge in [-0.15, -0.1) is 0 Å². The summed E-state index contributed by atoms with van der Waals surface area (Å²) in [5.74, 6) is 0.119. The van der Waals surface area contributed by atoms with Gasteiger partial charge in [0.15, 0.2) is 0 Å². The molecular weight excluding hydrogens is 280 g/mol. The van der Waals surface area contributed by atoms with Gasteiger partial charge >= 0.3 is 0 Å². The van der Waals surface area contributed by atoms with E-state index in [9.17, 15) is 10.5 Å². The molecule has 4 atom stereocenters. The van der Waals surface area contributed by atoms with Gasteiger partial charge in [-0.2, -0.15) is 0 Å². The van der Waals surface area contributed by atoms with Crippen LogP contribution in [0.3, 0.4) is 0 Å². The Morgan fingerprint density at radius 3 is 1.05 bits per heavy atom. The first-order chi connectivity index (χ1) is 10.2. The molecule has 2 N–H and O–H groups in total. The Balaban J connectivity index is 5.42. The Morgan fingerprint density at radius 1 is 0.682 bits per heavy atom. The monoisotopic (exact) mass is 318 g/mol. The van der Waals surface area contributed by atoms with Gasteiger partial charge in [-0.1, -0.05) is 55.4 Å². The lowest BCUT2D eigenvalue weighted by Crippen LogP contribution is -2.47. The maximum Gasteiger partial charge on any atom is 0.101 e. The molecule has 0 aliphatic rings. The highest BCUT2D eigenvalue weighted by Gasteiger charge is 2.44. The van der Waals surface area contributed by atoms with Crippen LogP contribution in [-0.2, 0) is 9.78 Å². The van der Waals surface area contributed by atoms with Crippen molar-refractivity contribution in [2.45, 2.75) is 93.3 Å². The fourth-order valence-electron chi connectivity index (χ4n) is 3.57. The zero-order valence-electron chi connectivity index (χ0n) is 15.8. The fraction of sp³-hybridized carbons (Fsp3) is 1.00. The fourth-order valence-corrected chi connectivity index (χ4v) is 3.57. The Kier molecular flexibility index (Phi) is 9.15. The minimum Gasteiger partial charge on any atom is -0.252 e. The molecule has 0 amide bonds. The van der Waals surface area contributed by atoms with Gasteiger partial charge in [0.25, 0.3) is 0 Å². The highest BCUT2D eigenvalue weighted by atomic mass is 17.1. The Labute approximate surface area is 137 Å². The largest absolute Gasteiger partial charge is 0.252 e. The van der Waals surface area contributed by atoms with Crippen molar-refractivity contribution in [3.05, 3.63) is 0 Å². The molecule has 0 aromatic heterocycles. The van der Waals surface area contributed by atoms with Crippen LogP contribution < -0.4 is 0 Å². The average molecular weight is 318 g/mol. The molecule has 0 rings (SSSR count). The molecule has 0 heterocycles. The van der Waals surface area contributed by atoms with Crippen LogP contribution >= 0.6 is 0 Å². The Bertz CT molecular complexity index is 267. The van der Waals surface area contributed by atoms with Crippen LogP contribution in [0.5, 0.6) is 0 Å². The van der Waals surface area contributed by atoms with Crippen molar-refractivity contribution >= 4 is 0 Å². The normalized spacial score (nSPS) is 18.8. The van der Waals surface area contributed by atoms with E-state index in [0.29, 0.717) is 0 Å². The maximum atomic E-state index is 9.51. The van der Waals surface area contributed by atoms with Crippen LogP contribution in [0, 0.1) is 22.7 Å². The molecule has 0 bridgehead atoms. The lowest BCUT2D eigenvalue weighted by atomic mass is 9.66. The lowest BCUT2D eigenvalue weighted by Gasteiger charge is -2.44. The molecule has 0 aromatic carbocycles. The van der Waals surface area contributed by atoms with E-state index in [1.54, 1.807) is 0 Å². The van der Waals surface area contributed by atoms with Gasteiger partial charge in [0.1, 0.15) is 12.2 Å². The molecule has 0 saturated heterocycles. The maximum absolute atomic E-state index is 9.51. The van der Waals surface area contributed by atoms with Crippen LogP contribution in [0.2, 0.25) is 0 Å². The summed E-state index contributed by atoms with van der Waals surface area (Å²) in [5.41, 5.74) is -0.200. The zero-order valence-corrected chi connectivity index (χ0v) is 15.8. The molecule has 0 aromatic rings. The van der Waals surface area contributed by atoms with Crippen molar-refractivity contribution in [2.24, 2.45) is 22.7 Å². The van der Waals surface area contributed by atoms with Crippen molar-refractivity contribution in [2.75, 3.05) is 0 Å². The summed E-state index contributed by atoms with van der Waals surface area (Å²) in [5, 5.41) is 19.0. The van der Waals surface area contributed by atoms with Gasteiger partial charge in [0.05, 0.1) is 0 Å². The second kappa shape index (κ2) is 9.21. The molecule has 0 aliphatic heterocycles. The lowest BCUT2D eigenvalue weighted by molar-refractivity contribution is -0.342. The summed E-state index contributed by atoms with van der Waals surface area (Å²) in [6.45, 7) is 16.9. The summed E-state index contributed by atoms with van der Waals surface area (Å²) < 4.78 is 0. The van der Waals surface area contributed by atoms with Crippen LogP contribution in [-0.4, -0.2) is 22.7 Å². The quantitative estimate of drug-likeness (QED) is 0.383. The third-order valence-corrected chi connectivity index (χ3v) is 6.62. The van der Waals surface area contributed by atoms with Crippen molar-refractivity contribution in [1.82, 2.24) is 0 Å². The van der Waals surface area contributed by atoms with Crippen LogP contribution in [0.1, 0.15) is 81.1 Å². The summed E-state index contributed by atoms with van der Waals surface area (Å²) >= 11 is 0. The summed E-state index contributed by atoms with van der Waals surface area (Å²) in [7, 11) is 0. The van der Waals surface area contributed by atoms with E-state index < -0.39 is 0 Å². The van der Waals surface area contributed by atoms with E-state index in [-0.39, 0.29) is 34.9 Å². The van der Waals surface area contributed by atoms with Crippen molar-refractivity contribution < 1.29 is 20.3 Å². The topological polar surface area (TPSA) is 58.9 Å². The summed E-state index contributed by atoms with van der Waals surface area (Å²) in [6, 6.07) is 0. The van der Waals surface area contributed by atoms with Crippen molar-refractivity contribution in [3.63, 3.8) is 0 Å². The second-order valence-electron chi connectivity index (χ2n) is 7.49. The predicted molar refractivity (Wildman–Crippen MR) is 90.7 cm³/mol. The molecule has 0 aliphatic carbocycles. The van der Waals surface area contributed by atoms with Gasteiger partial charge in [0.2, 0.25) is 0 Å². The van der Waals surface area contributed by atoms with Gasteiger partial charge in [-0.25, -0.2) is 9.78 Å². The smallest absolute Gasteiger partial charge is 0.101 e. The second-order valence-corrected chi connectivity index (χ2v) is 7.49. The van der Waals surface area contributed by atoms with E-state index in [4.69, 9.17) is 9.78 Å². The molecule has 4 unspecified atom stereocenters. The van der Waals surface area contributed by atoms with E-state index in [1.807, 2.05) is 0 Å². The molecule has 0 fully saturated rings. The summed E-state index contributed by atoms with van der Waals surface area (Å²) in [6.07, 6.45) is 3.14. The average Bonchev–Trinajstić information content (AvgIpc) is 2.54. The first-order valence-corrected chi connectivity index (χ1v) is 8.81. The van der Waals surface area contributed by atoms with E-state index >= 15 is 0 Å². The van der Waals surface area contributed by atoms with Gasteiger partial charge in [-0.3, -0.25) is 10.5 Å². The first-order valence-electron chi connectivity index (χ1n) is 8.81. The molecule has 0 radical (unpaired) electrons. The van der Waals surface area contributed by atoms with Gasteiger partial charge in [0, 0.05) is 0 Å². The molecule has 0 saturated carbocycles. The van der Waals surface area contributed by atoms with Crippen molar-refractivity contribution in [3.8, 4) is 0 Å². The highest BCUT2D eigenvalue weighted by Crippen LogP contribution is 2.43. The number of hydrogen-bond acceptors (Lipinski definition) is 4. The highest BCUT2D eigenvalue weighted by molar-refractivity contribution is 4.92. The molecule has 4 nitrogen and oxygen atoms in total. The molecule has 22 heavy (non-hydrogen) atoms. The summed E-state index contributed by atoms with van der Waals surface area (Å²) in [4.78, 5) is 9.84. The zero-order chi connectivity index (χ0) is 17.6. The number of rotatable bonds is 11. The van der Waals surface area contributed by atoms with Gasteiger partial charge < -0.3 is 0 Å². The first kappa shape index (κ1) is 21.8. The third-order valence-electron chi connectivity index (χ3n) is 6.62. The third kappa shape index (κ3) is 4.44. The van der Waals surface area contributed by atoms with E-state index in [0.717, 1.165) is 25.7 Å². The SMILES string of the molecule is CCC(C)(CC)C(OO)C(C)C(C)C(OO)C(C)(CC)CC. The molecule has 134 valence electrons. The Morgan fingerprint density at radius 2 is 0.909 bits per heavy atom. The van der Waals surface area contributed by atoms with Gasteiger partial charge in [-0.05, 0) is 48.3 Å². The predicted octanol–water partition coefficient (Wildman–Crippen LogP) is 5.63. The molecule has 4 heteroatoms. The molecule has 0 spiro atoms. The van der Waals surface area contributed by atoms with E-state index in [1.165, 1.54) is 0 Å². The molecular formula is C18H38O4. The van der Waals surface area contributed by atoms with Crippen LogP contribution in [0.25, 0.3) is 0 Å². The Hall–Kier alpha value is -0.160. The van der Waals surface area contributed by atoms with Crippen molar-refractivity contribution in [1.29, 1.82) is 0 Å². The van der Waals surface area contributed by atoms with Crippen LogP contribution in [0.4, 0.5) is 0 Å². The standard InChI is InChI=1S/C18H38O4/c1-9-17(7,10-2)15(21-19)13(5)14(6)16(22-20)18(8,11-3)12-4/h13-16,19-20H,9-12H2,1-8H3. The van der Waals surface area contributed by atoms with Crippen LogP contribution in [0.15, 0.2) is 0 Å².